The van der Waals surface area contributed by atoms with Gasteiger partial charge in [0, 0.05) is 0 Å². The first-order chi connectivity index (χ1) is 6.45. The molecule has 0 aliphatic carbocycles. The number of aromatic hydroxyl groups is 1. The minimum Gasteiger partial charge on any atom is -0.501 e. The number of hydrogen-bond acceptors (Lipinski definition) is 4. The maximum atomic E-state index is 12.3. The fourth-order valence-corrected chi connectivity index (χ4v) is 1.09. The molecule has 0 saturated carbocycles. The van der Waals surface area contributed by atoms with Crippen molar-refractivity contribution in [1.29, 1.82) is 0 Å². The Hall–Kier alpha value is -1.50. The molecule has 1 N–H and O–H groups in total. The van der Waals surface area contributed by atoms with Crippen LogP contribution in [0.1, 0.15) is 12.0 Å². The van der Waals surface area contributed by atoms with Gasteiger partial charge < -0.3 is 5.11 Å². The standard InChI is InChI=1S/C6H3ClF2N2O3/c7-5-3(6(8)9)4(11(13)14)2(12)1-10-5/h1,6,12H. The number of halogens is 3. The van der Waals surface area contributed by atoms with Crippen molar-refractivity contribution in [2.24, 2.45) is 0 Å². The van der Waals surface area contributed by atoms with Crippen LogP contribution in [0.15, 0.2) is 6.20 Å². The number of nitrogens with zero attached hydrogens (tertiary/aromatic N) is 2. The predicted molar refractivity (Wildman–Crippen MR) is 42.5 cm³/mol. The molecule has 0 fully saturated rings. The summed E-state index contributed by atoms with van der Waals surface area (Å²) < 4.78 is 24.6. The Labute approximate surface area is 81.1 Å². The number of hydrogen-bond donors (Lipinski definition) is 1. The highest BCUT2D eigenvalue weighted by Gasteiger charge is 2.29. The minimum atomic E-state index is -3.16. The van der Waals surface area contributed by atoms with Gasteiger partial charge in [0.2, 0.25) is 5.75 Å². The van der Waals surface area contributed by atoms with E-state index in [0.29, 0.717) is 6.20 Å². The molecule has 0 saturated heterocycles. The van der Waals surface area contributed by atoms with Gasteiger partial charge in [-0.25, -0.2) is 13.8 Å². The second-order valence-corrected chi connectivity index (χ2v) is 2.61. The lowest BCUT2D eigenvalue weighted by Gasteiger charge is -2.04. The van der Waals surface area contributed by atoms with Crippen molar-refractivity contribution in [2.45, 2.75) is 6.43 Å². The maximum absolute atomic E-state index is 12.3. The Morgan fingerprint density at radius 3 is 2.57 bits per heavy atom. The van der Waals surface area contributed by atoms with E-state index in [-0.39, 0.29) is 0 Å². The molecule has 0 bridgehead atoms. The molecule has 1 aromatic heterocycles. The van der Waals surface area contributed by atoms with Crippen molar-refractivity contribution in [3.05, 3.63) is 27.0 Å². The summed E-state index contributed by atoms with van der Waals surface area (Å²) in [6.07, 6.45) is -2.52. The summed E-state index contributed by atoms with van der Waals surface area (Å²) in [4.78, 5) is 12.4. The molecule has 76 valence electrons. The van der Waals surface area contributed by atoms with Crippen LogP contribution in [0.25, 0.3) is 0 Å². The summed E-state index contributed by atoms with van der Waals surface area (Å²) >= 11 is 5.23. The normalized spacial score (nSPS) is 10.6. The van der Waals surface area contributed by atoms with Crippen LogP contribution in [0.2, 0.25) is 5.15 Å². The molecule has 1 heterocycles. The number of alkyl halides is 2. The lowest BCUT2D eigenvalue weighted by Crippen LogP contribution is -1.99. The Morgan fingerprint density at radius 2 is 2.21 bits per heavy atom. The van der Waals surface area contributed by atoms with Crippen molar-refractivity contribution in [3.8, 4) is 5.75 Å². The zero-order valence-corrected chi connectivity index (χ0v) is 7.20. The molecule has 0 aliphatic rings. The molecular weight excluding hydrogens is 222 g/mol. The monoisotopic (exact) mass is 224 g/mol. The highest BCUT2D eigenvalue weighted by atomic mass is 35.5. The average Bonchev–Trinajstić information content (AvgIpc) is 2.07. The minimum absolute atomic E-state index is 0.645. The fraction of sp³-hybridized carbons (Fsp3) is 0.167. The first-order valence-corrected chi connectivity index (χ1v) is 3.62. The molecule has 1 rings (SSSR count). The molecule has 0 amide bonds. The van der Waals surface area contributed by atoms with Crippen LogP contribution >= 0.6 is 11.6 Å². The average molecular weight is 225 g/mol. The Bertz CT molecular complexity index is 386. The van der Waals surface area contributed by atoms with E-state index in [1.807, 2.05) is 0 Å². The number of pyridine rings is 1. The first kappa shape index (κ1) is 10.6. The van der Waals surface area contributed by atoms with Gasteiger partial charge in [0.25, 0.3) is 6.43 Å². The topological polar surface area (TPSA) is 76.3 Å². The highest BCUT2D eigenvalue weighted by Crippen LogP contribution is 2.38. The summed E-state index contributed by atoms with van der Waals surface area (Å²) in [5.74, 6) is -0.935. The van der Waals surface area contributed by atoms with E-state index in [9.17, 15) is 18.9 Å². The SMILES string of the molecule is O=[N+]([O-])c1c(O)cnc(Cl)c1C(F)F. The number of aromatic nitrogens is 1. The van der Waals surface area contributed by atoms with Gasteiger partial charge in [0.1, 0.15) is 10.7 Å². The van der Waals surface area contributed by atoms with E-state index in [2.05, 4.69) is 4.98 Å². The molecule has 0 atom stereocenters. The Kier molecular flexibility index (Phi) is 2.80. The van der Waals surface area contributed by atoms with Gasteiger partial charge in [0.05, 0.1) is 11.1 Å². The third kappa shape index (κ3) is 1.72. The van der Waals surface area contributed by atoms with Gasteiger partial charge in [0.15, 0.2) is 0 Å². The van der Waals surface area contributed by atoms with Gasteiger partial charge in [-0.1, -0.05) is 11.6 Å². The second-order valence-electron chi connectivity index (χ2n) is 2.25. The third-order valence-corrected chi connectivity index (χ3v) is 1.72. The lowest BCUT2D eigenvalue weighted by molar-refractivity contribution is -0.387. The van der Waals surface area contributed by atoms with Crippen molar-refractivity contribution in [3.63, 3.8) is 0 Å². The van der Waals surface area contributed by atoms with E-state index in [1.54, 1.807) is 0 Å². The maximum Gasteiger partial charge on any atom is 0.324 e. The predicted octanol–water partition coefficient (Wildman–Crippen LogP) is 2.29. The van der Waals surface area contributed by atoms with Crippen molar-refractivity contribution < 1.29 is 18.8 Å². The molecule has 0 aromatic carbocycles. The first-order valence-electron chi connectivity index (χ1n) is 3.25. The van der Waals surface area contributed by atoms with Crippen LogP contribution in [0.3, 0.4) is 0 Å². The molecule has 0 spiro atoms. The van der Waals surface area contributed by atoms with Crippen molar-refractivity contribution in [1.82, 2.24) is 4.98 Å². The van der Waals surface area contributed by atoms with Gasteiger partial charge in [-0.05, 0) is 0 Å². The number of rotatable bonds is 2. The fourth-order valence-electron chi connectivity index (χ4n) is 0.869. The van der Waals surface area contributed by atoms with Crippen LogP contribution in [0.4, 0.5) is 14.5 Å². The molecule has 8 heteroatoms. The summed E-state index contributed by atoms with van der Waals surface area (Å²) in [5, 5.41) is 18.6. The van der Waals surface area contributed by atoms with E-state index in [4.69, 9.17) is 16.7 Å². The molecule has 0 radical (unpaired) electrons. The van der Waals surface area contributed by atoms with E-state index < -0.39 is 33.5 Å². The van der Waals surface area contributed by atoms with Gasteiger partial charge in [-0.2, -0.15) is 0 Å². The molecule has 5 nitrogen and oxygen atoms in total. The van der Waals surface area contributed by atoms with Gasteiger partial charge >= 0.3 is 5.69 Å². The van der Waals surface area contributed by atoms with Crippen molar-refractivity contribution >= 4 is 17.3 Å². The molecule has 0 unspecified atom stereocenters. The second kappa shape index (κ2) is 3.70. The number of nitro groups is 1. The molecular formula is C6H3ClF2N2O3. The summed E-state index contributed by atoms with van der Waals surface area (Å²) in [6, 6.07) is 0. The van der Waals surface area contributed by atoms with E-state index >= 15 is 0 Å². The van der Waals surface area contributed by atoms with Crippen LogP contribution in [-0.2, 0) is 0 Å². The largest absolute Gasteiger partial charge is 0.501 e. The van der Waals surface area contributed by atoms with Crippen LogP contribution in [0, 0.1) is 10.1 Å². The molecule has 14 heavy (non-hydrogen) atoms. The molecule has 0 aliphatic heterocycles. The quantitative estimate of drug-likeness (QED) is 0.475. The van der Waals surface area contributed by atoms with E-state index in [0.717, 1.165) is 0 Å². The lowest BCUT2D eigenvalue weighted by atomic mass is 10.2. The summed E-state index contributed by atoms with van der Waals surface area (Å²) in [5.41, 5.74) is -2.18. The highest BCUT2D eigenvalue weighted by molar-refractivity contribution is 6.30. The van der Waals surface area contributed by atoms with Gasteiger partial charge in [-0.3, -0.25) is 10.1 Å². The Balaban J connectivity index is 3.50. The van der Waals surface area contributed by atoms with Crippen LogP contribution < -0.4 is 0 Å². The third-order valence-electron chi connectivity index (χ3n) is 1.42. The summed E-state index contributed by atoms with van der Waals surface area (Å²) in [7, 11) is 0. The smallest absolute Gasteiger partial charge is 0.324 e. The van der Waals surface area contributed by atoms with E-state index in [1.165, 1.54) is 0 Å². The zero-order valence-electron chi connectivity index (χ0n) is 6.45. The van der Waals surface area contributed by atoms with Crippen LogP contribution in [-0.4, -0.2) is 15.0 Å². The van der Waals surface area contributed by atoms with Crippen LogP contribution in [0.5, 0.6) is 5.75 Å². The van der Waals surface area contributed by atoms with Gasteiger partial charge in [-0.15, -0.1) is 0 Å². The van der Waals surface area contributed by atoms with Crippen molar-refractivity contribution in [2.75, 3.05) is 0 Å². The zero-order chi connectivity index (χ0) is 10.9. The summed E-state index contributed by atoms with van der Waals surface area (Å²) in [6.45, 7) is 0. The Morgan fingerprint density at radius 1 is 1.64 bits per heavy atom. The molecule has 1 aromatic rings.